The second-order valence-electron chi connectivity index (χ2n) is 12.1. The van der Waals surface area contributed by atoms with Crippen LogP contribution in [-0.2, 0) is 24.8 Å². The topological polar surface area (TPSA) is 151 Å². The number of pyridine rings is 1. The lowest BCUT2D eigenvalue weighted by atomic mass is 9.66. The zero-order valence-corrected chi connectivity index (χ0v) is 26.0. The van der Waals surface area contributed by atoms with Crippen molar-refractivity contribution in [2.45, 2.75) is 37.8 Å². The number of carbonyl (C=O) groups excluding carboxylic acids is 2. The average molecular weight is 643 g/mol. The number of aryl methyl sites for hydroxylation is 2. The Morgan fingerprint density at radius 2 is 1.80 bits per heavy atom. The van der Waals surface area contributed by atoms with Crippen LogP contribution in [0.1, 0.15) is 46.3 Å². The molecule has 0 bridgehead atoms. The molecule has 5 heterocycles. The highest BCUT2D eigenvalue weighted by atomic mass is 35.5. The van der Waals surface area contributed by atoms with Gasteiger partial charge >= 0.3 is 5.69 Å². The molecule has 0 fully saturated rings. The van der Waals surface area contributed by atoms with E-state index in [4.69, 9.17) is 25.8 Å². The molecule has 0 amide bonds. The van der Waals surface area contributed by atoms with Crippen LogP contribution in [0.4, 0.5) is 5.82 Å². The highest BCUT2D eigenvalue weighted by molar-refractivity contribution is 6.36. The Hall–Kier alpha value is -5.10. The van der Waals surface area contributed by atoms with Crippen LogP contribution in [0.25, 0.3) is 10.9 Å². The molecular formula is C33H27ClN4O8. The zero-order valence-electron chi connectivity index (χ0n) is 25.2. The molecular weight excluding hydrogens is 616 g/mol. The number of benzene rings is 2. The summed E-state index contributed by atoms with van der Waals surface area (Å²) in [6.07, 6.45) is 0.773. The lowest BCUT2D eigenvalue weighted by Crippen LogP contribution is -2.58. The van der Waals surface area contributed by atoms with E-state index < -0.39 is 40.3 Å². The maximum atomic E-state index is 15.1. The largest absolute Gasteiger partial charge is 0.496 e. The molecule has 3 atom stereocenters. The van der Waals surface area contributed by atoms with Crippen molar-refractivity contribution < 1.29 is 23.8 Å². The average Bonchev–Trinajstić information content (AvgIpc) is 3.62. The predicted molar refractivity (Wildman–Crippen MR) is 168 cm³/mol. The predicted octanol–water partition coefficient (Wildman–Crippen LogP) is 3.05. The van der Waals surface area contributed by atoms with Crippen molar-refractivity contribution in [3.63, 3.8) is 0 Å². The molecule has 1 aliphatic carbocycles. The van der Waals surface area contributed by atoms with Crippen LogP contribution in [0.3, 0.4) is 0 Å². The van der Waals surface area contributed by atoms with Gasteiger partial charge in [0.2, 0.25) is 17.2 Å². The van der Waals surface area contributed by atoms with Gasteiger partial charge in [0.1, 0.15) is 27.9 Å². The van der Waals surface area contributed by atoms with Gasteiger partial charge in [0.15, 0.2) is 5.75 Å². The number of H-pyrrole nitrogens is 1. The van der Waals surface area contributed by atoms with E-state index in [1.807, 2.05) is 18.2 Å². The van der Waals surface area contributed by atoms with Gasteiger partial charge in [0, 0.05) is 42.4 Å². The lowest BCUT2D eigenvalue weighted by molar-refractivity contribution is -0.130. The molecule has 4 aromatic rings. The summed E-state index contributed by atoms with van der Waals surface area (Å²) in [5, 5.41) is 3.93. The Morgan fingerprint density at radius 1 is 1.04 bits per heavy atom. The minimum absolute atomic E-state index is 0.00462. The number of aromatic amines is 1. The number of ketones is 2. The fourth-order valence-electron chi connectivity index (χ4n) is 7.67. The lowest BCUT2D eigenvalue weighted by Gasteiger charge is -2.42. The Bertz CT molecular complexity index is 2330. The molecule has 3 aliphatic heterocycles. The van der Waals surface area contributed by atoms with Crippen molar-refractivity contribution in [2.24, 2.45) is 13.0 Å². The van der Waals surface area contributed by atoms with Gasteiger partial charge in [-0.2, -0.15) is 0 Å². The molecule has 8 rings (SSSR count). The number of nitrogens with zero attached hydrogens (tertiary/aromatic N) is 2. The summed E-state index contributed by atoms with van der Waals surface area (Å²) in [4.78, 5) is 72.6. The van der Waals surface area contributed by atoms with E-state index in [9.17, 15) is 19.2 Å². The number of carbonyl (C=O) groups is 2. The number of hydrogen-bond acceptors (Lipinski definition) is 9. The molecule has 46 heavy (non-hydrogen) atoms. The summed E-state index contributed by atoms with van der Waals surface area (Å²) >= 11 is 6.63. The fraction of sp³-hybridized carbons (Fsp3) is 0.303. The minimum atomic E-state index is -2.08. The van der Waals surface area contributed by atoms with Gasteiger partial charge < -0.3 is 24.1 Å². The third-order valence-electron chi connectivity index (χ3n) is 9.88. The standard InChI is InChI=1S/C33H27ClN4O8/c1-13-10-17-21(27(39)33(13)28(40)22-18(44-3)12-19(45-4)24(34)26(22)46-33)20(23-29(35-17)37(2)32(43)36-30(23)41)16-11-15-7-5-6-14-8-9-38(25(14)15)31(16)42/h5-7,11-13,20,35H,8-10H2,1-4H3,(H,36,41,43). The van der Waals surface area contributed by atoms with Crippen molar-refractivity contribution in [3.05, 3.63) is 100 Å². The zero-order chi connectivity index (χ0) is 32.4. The first kappa shape index (κ1) is 28.4. The van der Waals surface area contributed by atoms with Gasteiger partial charge in [-0.3, -0.25) is 28.7 Å². The van der Waals surface area contributed by atoms with E-state index in [0.29, 0.717) is 18.7 Å². The summed E-state index contributed by atoms with van der Waals surface area (Å²) in [5.41, 5.74) is -1.42. The molecule has 3 unspecified atom stereocenters. The van der Waals surface area contributed by atoms with Crippen molar-refractivity contribution in [2.75, 3.05) is 19.5 Å². The molecule has 1 spiro atoms. The number of Topliss-reactive ketones (excluding diaryl/α,β-unsaturated/α-hetero) is 2. The number of methoxy groups -OCH3 is 2. The highest BCUT2D eigenvalue weighted by Crippen LogP contribution is 2.56. The number of halogens is 1. The number of ether oxygens (including phenoxy) is 3. The van der Waals surface area contributed by atoms with Crippen LogP contribution in [0.5, 0.6) is 17.2 Å². The number of fused-ring (bicyclic) bond motifs is 2. The maximum Gasteiger partial charge on any atom is 0.329 e. The number of para-hydroxylation sites is 1. The van der Waals surface area contributed by atoms with Gasteiger partial charge in [0.25, 0.3) is 11.1 Å². The van der Waals surface area contributed by atoms with E-state index in [-0.39, 0.29) is 62.3 Å². The number of anilines is 1. The highest BCUT2D eigenvalue weighted by Gasteiger charge is 2.64. The Morgan fingerprint density at radius 3 is 2.54 bits per heavy atom. The van der Waals surface area contributed by atoms with Gasteiger partial charge in [-0.15, -0.1) is 0 Å². The van der Waals surface area contributed by atoms with Crippen LogP contribution in [0, 0.1) is 5.92 Å². The summed E-state index contributed by atoms with van der Waals surface area (Å²) in [7, 11) is 4.27. The van der Waals surface area contributed by atoms with Crippen LogP contribution >= 0.6 is 11.6 Å². The van der Waals surface area contributed by atoms with E-state index in [0.717, 1.165) is 16.5 Å². The van der Waals surface area contributed by atoms with Crippen molar-refractivity contribution in [1.29, 1.82) is 0 Å². The Balaban J connectivity index is 1.41. The first-order valence-corrected chi connectivity index (χ1v) is 15.1. The third-order valence-corrected chi connectivity index (χ3v) is 10.2. The van der Waals surface area contributed by atoms with E-state index in [2.05, 4.69) is 10.3 Å². The van der Waals surface area contributed by atoms with Crippen LogP contribution < -0.4 is 36.3 Å². The van der Waals surface area contributed by atoms with Gasteiger partial charge in [-0.25, -0.2) is 4.79 Å². The van der Waals surface area contributed by atoms with E-state index in [1.54, 1.807) is 17.6 Å². The van der Waals surface area contributed by atoms with Crippen molar-refractivity contribution in [3.8, 4) is 17.2 Å². The minimum Gasteiger partial charge on any atom is -0.496 e. The SMILES string of the molecule is COc1cc(OC)c2c(c1Cl)OC1(C(=O)C3=C(CC1C)Nc1c(c(=O)[nH]c(=O)n1C)C3c1cc3cccc4c3n(c1=O)CC4)C2=O. The van der Waals surface area contributed by atoms with Gasteiger partial charge in [-0.1, -0.05) is 36.7 Å². The molecule has 0 saturated carbocycles. The first-order valence-electron chi connectivity index (χ1n) is 14.7. The Kier molecular flexibility index (Phi) is 5.83. The molecule has 2 N–H and O–H groups in total. The quantitative estimate of drug-likeness (QED) is 0.321. The molecule has 4 aliphatic rings. The van der Waals surface area contributed by atoms with Crippen LogP contribution in [0.15, 0.2) is 56.0 Å². The fourth-order valence-corrected chi connectivity index (χ4v) is 7.94. The second kappa shape index (κ2) is 9.46. The molecule has 2 aromatic heterocycles. The maximum absolute atomic E-state index is 15.1. The summed E-state index contributed by atoms with van der Waals surface area (Å²) in [6.45, 7) is 2.14. The molecule has 0 saturated heterocycles. The normalized spacial score (nSPS) is 22.5. The van der Waals surface area contributed by atoms with Crippen LogP contribution in [0.2, 0.25) is 5.02 Å². The third kappa shape index (κ3) is 3.36. The second-order valence-corrected chi connectivity index (χ2v) is 12.5. The molecule has 13 heteroatoms. The monoisotopic (exact) mass is 642 g/mol. The number of nitrogens with one attached hydrogen (secondary N) is 2. The first-order chi connectivity index (χ1) is 22.0. The van der Waals surface area contributed by atoms with Crippen molar-refractivity contribution >= 4 is 39.9 Å². The van der Waals surface area contributed by atoms with Crippen molar-refractivity contribution in [1.82, 2.24) is 14.1 Å². The van der Waals surface area contributed by atoms with Crippen LogP contribution in [-0.4, -0.2) is 45.5 Å². The Labute approximate surface area is 265 Å². The van der Waals surface area contributed by atoms with E-state index in [1.165, 1.54) is 31.9 Å². The smallest absolute Gasteiger partial charge is 0.329 e. The molecule has 0 radical (unpaired) electrons. The van der Waals surface area contributed by atoms with Gasteiger partial charge in [-0.05, 0) is 29.9 Å². The summed E-state index contributed by atoms with van der Waals surface area (Å²) < 4.78 is 20.1. The number of allylic oxidation sites excluding steroid dienone is 1. The molecule has 234 valence electrons. The number of rotatable bonds is 3. The number of aromatic nitrogens is 3. The van der Waals surface area contributed by atoms with E-state index >= 15 is 4.79 Å². The number of hydrogen-bond donors (Lipinski definition) is 2. The molecule has 12 nitrogen and oxygen atoms in total. The summed E-state index contributed by atoms with van der Waals surface area (Å²) in [5.74, 6) is -2.89. The summed E-state index contributed by atoms with van der Waals surface area (Å²) in [6, 6.07) is 8.90. The van der Waals surface area contributed by atoms with Gasteiger partial charge in [0.05, 0.1) is 31.2 Å². The molecule has 2 aromatic carbocycles.